The molecule has 0 saturated carbocycles. The summed E-state index contributed by atoms with van der Waals surface area (Å²) in [6.07, 6.45) is 3.17. The number of nitrogens with zero attached hydrogens (tertiary/aromatic N) is 5. The van der Waals surface area contributed by atoms with Gasteiger partial charge in [0.05, 0.1) is 5.90 Å². The molecule has 3 radical (unpaired) electrons. The summed E-state index contributed by atoms with van der Waals surface area (Å²) in [6, 6.07) is 0. The Hall–Kier alpha value is -0.108. The van der Waals surface area contributed by atoms with Crippen LogP contribution in [0.15, 0.2) is 6.20 Å². The van der Waals surface area contributed by atoms with Crippen molar-refractivity contribution in [2.75, 3.05) is 28.1 Å². The van der Waals surface area contributed by atoms with Crippen LogP contribution in [-0.2, 0) is 14.1 Å². The molecule has 3 heterocycles. The quantitative estimate of drug-likeness (QED) is 0.146. The molecule has 3 rings (SSSR count). The Morgan fingerprint density at radius 2 is 2.21 bits per heavy atom. The Balaban J connectivity index is 1.74. The molecule has 0 bridgehead atoms. The van der Waals surface area contributed by atoms with Crippen LogP contribution in [0.4, 0.5) is 5.82 Å². The van der Waals surface area contributed by atoms with E-state index in [1.165, 1.54) is 0 Å². The SMILES string of the molecule is O=CCN([CH2][Pb])c1nc(Cl)nc2c1cnn2C1CCC(COP(O)CP(O)O)O1. The number of hydrogen-bond acceptors (Lipinski definition) is 10. The van der Waals surface area contributed by atoms with Gasteiger partial charge in [-0.15, -0.1) is 0 Å². The van der Waals surface area contributed by atoms with Crippen molar-refractivity contribution >= 4 is 77.3 Å². The average Bonchev–Trinajstić information content (AvgIpc) is 3.30. The molecule has 1 fully saturated rings. The van der Waals surface area contributed by atoms with Crippen molar-refractivity contribution < 1.29 is 28.7 Å². The second-order valence-corrected chi connectivity index (χ2v) is 10.5. The van der Waals surface area contributed by atoms with E-state index in [-0.39, 0.29) is 36.7 Å². The first-order valence-corrected chi connectivity index (χ1v) is 14.5. The van der Waals surface area contributed by atoms with Crippen LogP contribution in [0.5, 0.6) is 0 Å². The van der Waals surface area contributed by atoms with Gasteiger partial charge in [-0.05, 0) is 0 Å². The van der Waals surface area contributed by atoms with Crippen LogP contribution in [-0.4, -0.2) is 95.7 Å². The van der Waals surface area contributed by atoms with E-state index in [2.05, 4.69) is 15.1 Å². The number of fused-ring (bicyclic) bond motifs is 1. The first-order valence-electron chi connectivity index (χ1n) is 8.57. The zero-order valence-electron chi connectivity index (χ0n) is 15.1. The summed E-state index contributed by atoms with van der Waals surface area (Å²) < 4.78 is 13.6. The minimum absolute atomic E-state index is 0.0635. The van der Waals surface area contributed by atoms with Gasteiger partial charge in [0.1, 0.15) is 0 Å². The van der Waals surface area contributed by atoms with E-state index < -0.39 is 16.8 Å². The van der Waals surface area contributed by atoms with Crippen LogP contribution in [0.2, 0.25) is 5.28 Å². The first-order chi connectivity index (χ1) is 13.9. The minimum atomic E-state index is -2.19. The number of anilines is 1. The molecule has 2 aromatic heterocycles. The van der Waals surface area contributed by atoms with Crippen molar-refractivity contribution in [2.45, 2.75) is 25.2 Å². The van der Waals surface area contributed by atoms with Gasteiger partial charge < -0.3 is 14.7 Å². The van der Waals surface area contributed by atoms with Gasteiger partial charge in [-0.3, -0.25) is 0 Å². The van der Waals surface area contributed by atoms with Crippen LogP contribution in [0.25, 0.3) is 11.0 Å². The third-order valence-electron chi connectivity index (χ3n) is 4.21. The van der Waals surface area contributed by atoms with Crippen molar-refractivity contribution in [2.24, 2.45) is 0 Å². The predicted molar refractivity (Wildman–Crippen MR) is 109 cm³/mol. The molecule has 3 N–H and O–H groups in total. The maximum absolute atomic E-state index is 11.0. The van der Waals surface area contributed by atoms with Gasteiger partial charge in [0, 0.05) is 0 Å². The molecule has 3 atom stereocenters. The summed E-state index contributed by atoms with van der Waals surface area (Å²) in [5, 5.41) is 5.15. The molecule has 3 unspecified atom stereocenters. The molecule has 157 valence electrons. The number of hydrogen-bond donors (Lipinski definition) is 3. The molecule has 2 aromatic rings. The second-order valence-electron chi connectivity index (χ2n) is 6.14. The summed E-state index contributed by atoms with van der Waals surface area (Å²) in [6.45, 7) is 0.361. The average molecular weight is 658 g/mol. The van der Waals surface area contributed by atoms with Crippen molar-refractivity contribution in [3.63, 3.8) is 0 Å². The van der Waals surface area contributed by atoms with E-state index in [9.17, 15) is 9.69 Å². The molecular formula is C14H19ClN5O6P2Pb. The summed E-state index contributed by atoms with van der Waals surface area (Å²) in [4.78, 5) is 48.9. The maximum atomic E-state index is 11.0. The second kappa shape index (κ2) is 11.0. The molecular weight excluding hydrogens is 639 g/mol. The molecule has 0 aromatic carbocycles. The molecule has 0 spiro atoms. The zero-order chi connectivity index (χ0) is 21.0. The normalized spacial score (nSPS) is 20.5. The van der Waals surface area contributed by atoms with E-state index in [0.29, 0.717) is 33.8 Å². The van der Waals surface area contributed by atoms with Crippen LogP contribution < -0.4 is 4.90 Å². The fourth-order valence-electron chi connectivity index (χ4n) is 2.96. The number of aromatic nitrogens is 4. The topological polar surface area (TPSA) is 143 Å². The first kappa shape index (κ1) is 23.6. The molecule has 1 saturated heterocycles. The van der Waals surface area contributed by atoms with Crippen LogP contribution in [0.3, 0.4) is 0 Å². The summed E-state index contributed by atoms with van der Waals surface area (Å²) in [5.74, 6) is 0.405. The van der Waals surface area contributed by atoms with Crippen LogP contribution >= 0.6 is 28.4 Å². The predicted octanol–water partition coefficient (Wildman–Crippen LogP) is 0.863. The summed E-state index contributed by atoms with van der Waals surface area (Å²) in [7, 11) is -4.08. The number of rotatable bonds is 10. The van der Waals surface area contributed by atoms with Gasteiger partial charge in [0.25, 0.3) is 0 Å². The Bertz CT molecular complexity index is 848. The molecule has 1 aliphatic heterocycles. The van der Waals surface area contributed by atoms with E-state index in [1.54, 1.807) is 10.9 Å². The van der Waals surface area contributed by atoms with Gasteiger partial charge >= 0.3 is 161 Å². The van der Waals surface area contributed by atoms with E-state index in [1.807, 2.05) is 4.90 Å². The molecule has 1 aliphatic rings. The Morgan fingerprint density at radius 3 is 2.90 bits per heavy atom. The van der Waals surface area contributed by atoms with Crippen molar-refractivity contribution in [1.29, 1.82) is 0 Å². The third kappa shape index (κ3) is 5.99. The van der Waals surface area contributed by atoms with Crippen molar-refractivity contribution in [3.8, 4) is 0 Å². The zero-order valence-corrected chi connectivity index (χ0v) is 21.6. The fourth-order valence-corrected chi connectivity index (χ4v) is 5.73. The molecule has 0 amide bonds. The number of carbonyl (C=O) groups is 1. The summed E-state index contributed by atoms with van der Waals surface area (Å²) >= 11 is 6.98. The number of carbonyl (C=O) groups excluding carboxylic acids is 1. The van der Waals surface area contributed by atoms with Crippen molar-refractivity contribution in [3.05, 3.63) is 11.5 Å². The molecule has 29 heavy (non-hydrogen) atoms. The van der Waals surface area contributed by atoms with Gasteiger partial charge in [0.15, 0.2) is 8.38 Å². The van der Waals surface area contributed by atoms with Gasteiger partial charge in [-0.1, -0.05) is 0 Å². The Morgan fingerprint density at radius 1 is 1.41 bits per heavy atom. The Kier molecular flexibility index (Phi) is 8.90. The number of aldehydes is 1. The molecule has 11 nitrogen and oxygen atoms in total. The van der Waals surface area contributed by atoms with E-state index in [0.717, 1.165) is 32.1 Å². The van der Waals surface area contributed by atoms with Gasteiger partial charge in [-0.25, -0.2) is 0 Å². The summed E-state index contributed by atoms with van der Waals surface area (Å²) in [5.41, 5.74) is 0.521. The molecule has 15 heteroatoms. The monoisotopic (exact) mass is 658 g/mol. The third-order valence-corrected chi connectivity index (χ3v) is 8.29. The van der Waals surface area contributed by atoms with E-state index >= 15 is 0 Å². The van der Waals surface area contributed by atoms with Crippen LogP contribution in [0.1, 0.15) is 19.1 Å². The number of ether oxygens (including phenoxy) is 1. The standard InChI is InChI=1S/C14H19ClN5O6P2.Pb/c1-19(4-5-21)12-10-6-16-20(13(10)18-14(15)17-12)11-3-2-9(26-11)7-25-28(24)8-27(22)23;/h5-6,9,11,22-24H,1-4,7-8H2;. The van der Waals surface area contributed by atoms with Gasteiger partial charge in [-0.2, -0.15) is 0 Å². The Labute approximate surface area is 189 Å². The van der Waals surface area contributed by atoms with E-state index in [4.69, 9.17) is 30.6 Å². The fraction of sp³-hybridized carbons (Fsp3) is 0.571. The number of halogens is 1. The van der Waals surface area contributed by atoms with Gasteiger partial charge in [0.2, 0.25) is 0 Å². The van der Waals surface area contributed by atoms with Crippen molar-refractivity contribution in [1.82, 2.24) is 19.7 Å². The van der Waals surface area contributed by atoms with Crippen LogP contribution in [0, 0.1) is 0 Å². The molecule has 0 aliphatic carbocycles.